The molecule has 9 nitrogen and oxygen atoms in total. The van der Waals surface area contributed by atoms with Crippen LogP contribution in [0.4, 0.5) is 17.1 Å². The Morgan fingerprint density at radius 1 is 0.615 bits per heavy atom. The highest BCUT2D eigenvalue weighted by molar-refractivity contribution is 6.34. The molecule has 0 fully saturated rings. The molecule has 0 unspecified atom stereocenters. The largest absolute Gasteiger partial charge is 0.495 e. The third kappa shape index (κ3) is 4.80. The molecule has 9 heteroatoms. The molecule has 0 spiro atoms. The van der Waals surface area contributed by atoms with Crippen molar-refractivity contribution in [2.75, 3.05) is 29.8 Å². The van der Waals surface area contributed by atoms with Crippen LogP contribution in [0, 0.1) is 0 Å². The monoisotopic (exact) mass is 521 g/mol. The van der Waals surface area contributed by atoms with Crippen molar-refractivity contribution in [3.8, 4) is 11.5 Å². The minimum Gasteiger partial charge on any atom is -0.495 e. The number of para-hydroxylation sites is 4. The van der Waals surface area contributed by atoms with Crippen molar-refractivity contribution in [1.82, 2.24) is 0 Å². The van der Waals surface area contributed by atoms with Gasteiger partial charge in [-0.15, -0.1) is 0 Å². The Kier molecular flexibility index (Phi) is 6.79. The number of hydrogen-bond donors (Lipinski definition) is 2. The summed E-state index contributed by atoms with van der Waals surface area (Å²) in [6.07, 6.45) is 0. The van der Waals surface area contributed by atoms with Gasteiger partial charge in [-0.2, -0.15) is 0 Å². The van der Waals surface area contributed by atoms with E-state index in [4.69, 9.17) is 9.47 Å². The minimum atomic E-state index is -0.562. The fourth-order valence-electron chi connectivity index (χ4n) is 4.26. The normalized spacial score (nSPS) is 12.1. The van der Waals surface area contributed by atoms with Crippen LogP contribution in [0.3, 0.4) is 0 Å². The lowest BCUT2D eigenvalue weighted by atomic mass is 10.1. The van der Waals surface area contributed by atoms with Gasteiger partial charge in [0.1, 0.15) is 11.5 Å². The van der Waals surface area contributed by atoms with E-state index in [9.17, 15) is 19.2 Å². The predicted molar refractivity (Wildman–Crippen MR) is 146 cm³/mol. The summed E-state index contributed by atoms with van der Waals surface area (Å²) in [6.45, 7) is 0. The molecule has 1 aliphatic rings. The highest BCUT2D eigenvalue weighted by atomic mass is 16.5. The molecule has 1 heterocycles. The SMILES string of the molecule is COc1ccccc1NC(=O)c1ccc(N2C(=O)c3ccc(C(=O)Nc4ccccc4OC)cc3C2=O)cc1. The molecule has 1 aliphatic heterocycles. The summed E-state index contributed by atoms with van der Waals surface area (Å²) in [5.74, 6) is -0.898. The van der Waals surface area contributed by atoms with Crippen LogP contribution in [0.15, 0.2) is 91.0 Å². The van der Waals surface area contributed by atoms with Gasteiger partial charge in [0.2, 0.25) is 0 Å². The van der Waals surface area contributed by atoms with Gasteiger partial charge in [-0.3, -0.25) is 19.2 Å². The minimum absolute atomic E-state index is 0.116. The fourth-order valence-corrected chi connectivity index (χ4v) is 4.26. The van der Waals surface area contributed by atoms with Crippen LogP contribution in [0.1, 0.15) is 41.4 Å². The number of anilines is 3. The first-order chi connectivity index (χ1) is 18.9. The van der Waals surface area contributed by atoms with Crippen LogP contribution in [0.2, 0.25) is 0 Å². The summed E-state index contributed by atoms with van der Waals surface area (Å²) in [7, 11) is 3.01. The lowest BCUT2D eigenvalue weighted by molar-refractivity contribution is 0.0924. The maximum absolute atomic E-state index is 13.2. The van der Waals surface area contributed by atoms with Gasteiger partial charge >= 0.3 is 0 Å². The maximum Gasteiger partial charge on any atom is 0.266 e. The number of carbonyl (C=O) groups excluding carboxylic acids is 4. The summed E-state index contributed by atoms with van der Waals surface area (Å²) < 4.78 is 10.5. The molecule has 0 bridgehead atoms. The van der Waals surface area contributed by atoms with Gasteiger partial charge in [0, 0.05) is 11.1 Å². The van der Waals surface area contributed by atoms with Gasteiger partial charge in [-0.05, 0) is 66.7 Å². The summed E-state index contributed by atoms with van der Waals surface area (Å²) in [6, 6.07) is 24.4. The molecule has 2 N–H and O–H groups in total. The van der Waals surface area contributed by atoms with Crippen LogP contribution < -0.4 is 25.0 Å². The number of methoxy groups -OCH3 is 2. The summed E-state index contributed by atoms with van der Waals surface area (Å²) >= 11 is 0. The number of amides is 4. The van der Waals surface area contributed by atoms with E-state index in [-0.39, 0.29) is 22.6 Å². The Hall–Kier alpha value is -5.44. The Bertz CT molecular complexity index is 1610. The van der Waals surface area contributed by atoms with Crippen molar-refractivity contribution in [3.05, 3.63) is 113 Å². The summed E-state index contributed by atoms with van der Waals surface area (Å²) in [4.78, 5) is 52.9. The van der Waals surface area contributed by atoms with Gasteiger partial charge in [0.15, 0.2) is 0 Å². The zero-order valence-electron chi connectivity index (χ0n) is 21.1. The zero-order chi connectivity index (χ0) is 27.5. The number of fused-ring (bicyclic) bond motifs is 1. The molecule has 194 valence electrons. The summed E-state index contributed by atoms with van der Waals surface area (Å²) in [5, 5.41) is 5.54. The van der Waals surface area contributed by atoms with Gasteiger partial charge in [-0.25, -0.2) is 4.90 Å². The Morgan fingerprint density at radius 2 is 1.10 bits per heavy atom. The van der Waals surface area contributed by atoms with Gasteiger partial charge in [-0.1, -0.05) is 24.3 Å². The van der Waals surface area contributed by atoms with Crippen LogP contribution in [0.25, 0.3) is 0 Å². The second-order valence-electron chi connectivity index (χ2n) is 8.56. The number of hydrogen-bond acceptors (Lipinski definition) is 6. The van der Waals surface area contributed by atoms with Crippen molar-refractivity contribution < 1.29 is 28.7 Å². The first kappa shape index (κ1) is 25.2. The highest BCUT2D eigenvalue weighted by Gasteiger charge is 2.37. The lowest BCUT2D eigenvalue weighted by Gasteiger charge is -2.14. The van der Waals surface area contributed by atoms with E-state index in [1.807, 2.05) is 0 Å². The van der Waals surface area contributed by atoms with E-state index >= 15 is 0 Å². The molecular formula is C30H23N3O6. The van der Waals surface area contributed by atoms with Gasteiger partial charge in [0.25, 0.3) is 23.6 Å². The molecule has 0 saturated carbocycles. The molecule has 0 aromatic heterocycles. The molecule has 5 rings (SSSR count). The number of imide groups is 1. The Labute approximate surface area is 224 Å². The number of benzene rings is 4. The first-order valence-electron chi connectivity index (χ1n) is 11.9. The molecule has 4 aromatic rings. The van der Waals surface area contributed by atoms with E-state index in [2.05, 4.69) is 10.6 Å². The van der Waals surface area contributed by atoms with Crippen LogP contribution in [-0.2, 0) is 0 Å². The molecule has 4 amide bonds. The van der Waals surface area contributed by atoms with Crippen molar-refractivity contribution in [1.29, 1.82) is 0 Å². The van der Waals surface area contributed by atoms with Crippen LogP contribution in [-0.4, -0.2) is 37.8 Å². The molecular weight excluding hydrogens is 498 g/mol. The van der Waals surface area contributed by atoms with Crippen molar-refractivity contribution in [2.45, 2.75) is 0 Å². The molecule has 0 aliphatic carbocycles. The molecule has 0 radical (unpaired) electrons. The Balaban J connectivity index is 1.33. The van der Waals surface area contributed by atoms with Crippen LogP contribution in [0.5, 0.6) is 11.5 Å². The number of rotatable bonds is 7. The third-order valence-corrected chi connectivity index (χ3v) is 6.25. The quantitative estimate of drug-likeness (QED) is 0.331. The van der Waals surface area contributed by atoms with Crippen molar-refractivity contribution in [2.24, 2.45) is 0 Å². The number of ether oxygens (including phenoxy) is 2. The molecule has 4 aromatic carbocycles. The van der Waals surface area contributed by atoms with Gasteiger partial charge in [0.05, 0.1) is 42.4 Å². The molecule has 0 saturated heterocycles. The van der Waals surface area contributed by atoms with E-state index in [0.717, 1.165) is 4.90 Å². The topological polar surface area (TPSA) is 114 Å². The average Bonchev–Trinajstić information content (AvgIpc) is 3.22. The third-order valence-electron chi connectivity index (χ3n) is 6.25. The smallest absolute Gasteiger partial charge is 0.266 e. The zero-order valence-corrected chi connectivity index (χ0v) is 21.1. The van der Waals surface area contributed by atoms with Crippen molar-refractivity contribution >= 4 is 40.7 Å². The number of nitrogens with one attached hydrogen (secondary N) is 2. The van der Waals surface area contributed by atoms with Gasteiger partial charge < -0.3 is 20.1 Å². The molecule has 0 atom stereocenters. The predicted octanol–water partition coefficient (Wildman–Crippen LogP) is 5.01. The summed E-state index contributed by atoms with van der Waals surface area (Å²) in [5.41, 5.74) is 2.14. The van der Waals surface area contributed by atoms with E-state index in [1.165, 1.54) is 56.7 Å². The van der Waals surface area contributed by atoms with E-state index < -0.39 is 17.7 Å². The standard InChI is InChI=1S/C30H23N3O6/c1-38-25-9-5-3-7-23(25)31-27(34)18-11-14-20(15-12-18)33-29(36)21-16-13-19(17-22(21)30(33)37)28(35)32-24-8-4-6-10-26(24)39-2/h3-17H,1-2H3,(H,31,34)(H,32,35). The Morgan fingerprint density at radius 3 is 1.67 bits per heavy atom. The average molecular weight is 522 g/mol. The second kappa shape index (κ2) is 10.5. The second-order valence-corrected chi connectivity index (χ2v) is 8.56. The maximum atomic E-state index is 13.2. The molecule has 39 heavy (non-hydrogen) atoms. The highest BCUT2D eigenvalue weighted by Crippen LogP contribution is 2.31. The van der Waals surface area contributed by atoms with E-state index in [0.29, 0.717) is 34.1 Å². The number of carbonyl (C=O) groups is 4. The van der Waals surface area contributed by atoms with Crippen LogP contribution >= 0.6 is 0 Å². The fraction of sp³-hybridized carbons (Fsp3) is 0.0667. The van der Waals surface area contributed by atoms with Crippen molar-refractivity contribution in [3.63, 3.8) is 0 Å². The van der Waals surface area contributed by atoms with E-state index in [1.54, 1.807) is 48.5 Å². The number of nitrogens with zero attached hydrogens (tertiary/aromatic N) is 1. The lowest BCUT2D eigenvalue weighted by Crippen LogP contribution is -2.29. The first-order valence-corrected chi connectivity index (χ1v) is 11.9.